The Kier molecular flexibility index (Phi) is 5.36. The Hall–Kier alpha value is -4.20. The molecule has 0 aliphatic carbocycles. The monoisotopic (exact) mass is 422 g/mol. The number of fused-ring (bicyclic) bond motifs is 1. The molecule has 8 heteroatoms. The van der Waals surface area contributed by atoms with Crippen molar-refractivity contribution in [3.05, 3.63) is 71.4 Å². The quantitative estimate of drug-likeness (QED) is 0.332. The fourth-order valence-corrected chi connectivity index (χ4v) is 3.12. The highest BCUT2D eigenvalue weighted by atomic mass is 16.6. The van der Waals surface area contributed by atoms with Gasteiger partial charge in [-0.1, -0.05) is 0 Å². The van der Waals surface area contributed by atoms with E-state index in [4.69, 9.17) is 28.1 Å². The molecule has 0 spiro atoms. The van der Waals surface area contributed by atoms with Gasteiger partial charge in [-0.15, -0.1) is 0 Å². The molecular weight excluding hydrogens is 404 g/mol. The fraction of sp³-hybridized carbons (Fsp3) is 0.130. The summed E-state index contributed by atoms with van der Waals surface area (Å²) in [6, 6.07) is 11.0. The molecule has 0 bridgehead atoms. The molecule has 0 atom stereocenters. The van der Waals surface area contributed by atoms with Gasteiger partial charge in [0.25, 0.3) is 0 Å². The molecule has 1 aromatic heterocycles. The third-order valence-corrected chi connectivity index (χ3v) is 4.56. The largest absolute Gasteiger partial charge is 0.493 e. The number of methoxy groups -OCH3 is 3. The summed E-state index contributed by atoms with van der Waals surface area (Å²) in [5.74, 6) is 1.08. The van der Waals surface area contributed by atoms with Gasteiger partial charge in [-0.25, -0.2) is 4.79 Å². The number of carbonyl (C=O) groups is 2. The lowest BCUT2D eigenvalue weighted by atomic mass is 10.1. The van der Waals surface area contributed by atoms with Gasteiger partial charge in [0, 0.05) is 6.07 Å². The average Bonchev–Trinajstić information content (AvgIpc) is 3.42. The summed E-state index contributed by atoms with van der Waals surface area (Å²) in [6.07, 6.45) is 2.95. The highest BCUT2D eigenvalue weighted by Gasteiger charge is 2.28. The molecule has 2 aromatic carbocycles. The third-order valence-electron chi connectivity index (χ3n) is 4.56. The Balaban J connectivity index is 1.60. The summed E-state index contributed by atoms with van der Waals surface area (Å²) in [6.45, 7) is 0. The minimum Gasteiger partial charge on any atom is -0.493 e. The lowest BCUT2D eigenvalue weighted by Gasteiger charge is -2.13. The predicted octanol–water partition coefficient (Wildman–Crippen LogP) is 4.14. The first-order valence-corrected chi connectivity index (χ1v) is 9.18. The summed E-state index contributed by atoms with van der Waals surface area (Å²) >= 11 is 0. The van der Waals surface area contributed by atoms with Gasteiger partial charge < -0.3 is 28.1 Å². The maximum Gasteiger partial charge on any atom is 0.379 e. The number of benzene rings is 2. The highest BCUT2D eigenvalue weighted by molar-refractivity contribution is 6.14. The van der Waals surface area contributed by atoms with Gasteiger partial charge in [0.2, 0.25) is 17.3 Å². The van der Waals surface area contributed by atoms with Crippen LogP contribution in [0.2, 0.25) is 0 Å². The Morgan fingerprint density at radius 2 is 1.71 bits per heavy atom. The van der Waals surface area contributed by atoms with Crippen LogP contribution in [-0.2, 0) is 0 Å². The summed E-state index contributed by atoms with van der Waals surface area (Å²) in [5, 5.41) is 0. The Labute approximate surface area is 177 Å². The summed E-state index contributed by atoms with van der Waals surface area (Å²) < 4.78 is 32.0. The molecule has 0 amide bonds. The molecule has 0 N–H and O–H groups in total. The second-order valence-corrected chi connectivity index (χ2v) is 6.42. The van der Waals surface area contributed by atoms with Gasteiger partial charge in [0.1, 0.15) is 11.5 Å². The Morgan fingerprint density at radius 1 is 0.968 bits per heavy atom. The van der Waals surface area contributed by atoms with Crippen LogP contribution in [0.15, 0.2) is 58.9 Å². The zero-order chi connectivity index (χ0) is 22.0. The van der Waals surface area contributed by atoms with Crippen LogP contribution in [-0.4, -0.2) is 33.1 Å². The van der Waals surface area contributed by atoms with Crippen molar-refractivity contribution < 1.29 is 37.7 Å². The van der Waals surface area contributed by atoms with Crippen molar-refractivity contribution >= 4 is 17.8 Å². The number of rotatable bonds is 6. The molecule has 0 fully saturated rings. The number of allylic oxidation sites excluding steroid dienone is 1. The number of hydrogen-bond donors (Lipinski definition) is 0. The lowest BCUT2D eigenvalue weighted by molar-refractivity contribution is 0.0701. The second-order valence-electron chi connectivity index (χ2n) is 6.42. The zero-order valence-electron chi connectivity index (χ0n) is 17.0. The molecule has 4 rings (SSSR count). The lowest BCUT2D eigenvalue weighted by Crippen LogP contribution is -2.07. The number of Topliss-reactive ketones (excluding diaryl/α,β-unsaturated/α-hetero) is 1. The fourth-order valence-electron chi connectivity index (χ4n) is 3.12. The topological polar surface area (TPSA) is 93.4 Å². The summed E-state index contributed by atoms with van der Waals surface area (Å²) in [7, 11) is 4.52. The smallest absolute Gasteiger partial charge is 0.379 e. The molecule has 31 heavy (non-hydrogen) atoms. The van der Waals surface area contributed by atoms with Crippen LogP contribution in [0, 0.1) is 0 Å². The molecular formula is C23H18O8. The average molecular weight is 422 g/mol. The number of furan rings is 1. The van der Waals surface area contributed by atoms with Crippen molar-refractivity contribution in [2.75, 3.05) is 21.3 Å². The molecule has 8 nitrogen and oxygen atoms in total. The Bertz CT molecular complexity index is 1150. The van der Waals surface area contributed by atoms with Crippen LogP contribution in [0.5, 0.6) is 28.7 Å². The van der Waals surface area contributed by atoms with Gasteiger partial charge in [-0.2, -0.15) is 0 Å². The zero-order valence-corrected chi connectivity index (χ0v) is 17.0. The van der Waals surface area contributed by atoms with Crippen LogP contribution in [0.3, 0.4) is 0 Å². The number of hydrogen-bond acceptors (Lipinski definition) is 8. The minimum atomic E-state index is -0.650. The van der Waals surface area contributed by atoms with E-state index in [1.807, 2.05) is 0 Å². The first-order chi connectivity index (χ1) is 15.0. The van der Waals surface area contributed by atoms with E-state index in [2.05, 4.69) is 0 Å². The van der Waals surface area contributed by atoms with Crippen LogP contribution in [0.1, 0.15) is 26.5 Å². The molecule has 0 unspecified atom stereocenters. The van der Waals surface area contributed by atoms with Crippen molar-refractivity contribution in [1.29, 1.82) is 0 Å². The molecule has 1 aliphatic heterocycles. The van der Waals surface area contributed by atoms with Crippen molar-refractivity contribution in [2.24, 2.45) is 0 Å². The number of ether oxygens (including phenoxy) is 5. The van der Waals surface area contributed by atoms with Gasteiger partial charge in [0.15, 0.2) is 17.3 Å². The first kappa shape index (κ1) is 20.1. The van der Waals surface area contributed by atoms with E-state index >= 15 is 0 Å². The molecule has 0 saturated carbocycles. The SMILES string of the molecule is COc1cc(C=C2Oc3cc(OC(=O)c4ccco4)ccc3C2=O)cc(OC)c1OC. The maximum atomic E-state index is 12.8. The van der Waals surface area contributed by atoms with Gasteiger partial charge in [0.05, 0.1) is 33.2 Å². The third kappa shape index (κ3) is 3.83. The van der Waals surface area contributed by atoms with Crippen molar-refractivity contribution in [3.63, 3.8) is 0 Å². The van der Waals surface area contributed by atoms with E-state index in [1.54, 1.807) is 30.3 Å². The van der Waals surface area contributed by atoms with E-state index in [0.29, 0.717) is 28.4 Å². The Morgan fingerprint density at radius 3 is 2.32 bits per heavy atom. The van der Waals surface area contributed by atoms with Crippen LogP contribution >= 0.6 is 0 Å². The normalized spacial score (nSPS) is 13.5. The standard InChI is InChI=1S/C23H18O8/c1-26-19-10-13(11-20(27-2)22(19)28-3)9-18-21(24)15-7-6-14(12-17(15)31-18)30-23(25)16-5-4-8-29-16/h4-12H,1-3H3. The summed E-state index contributed by atoms with van der Waals surface area (Å²) in [4.78, 5) is 24.8. The maximum absolute atomic E-state index is 12.8. The van der Waals surface area contributed by atoms with E-state index < -0.39 is 5.97 Å². The molecule has 0 radical (unpaired) electrons. The van der Waals surface area contributed by atoms with E-state index in [0.717, 1.165) is 0 Å². The predicted molar refractivity (Wildman–Crippen MR) is 109 cm³/mol. The van der Waals surface area contributed by atoms with Gasteiger partial charge in [-0.05, 0) is 48.0 Å². The van der Waals surface area contributed by atoms with Crippen molar-refractivity contribution in [3.8, 4) is 28.7 Å². The van der Waals surface area contributed by atoms with Gasteiger partial charge >= 0.3 is 5.97 Å². The van der Waals surface area contributed by atoms with Crippen LogP contribution in [0.4, 0.5) is 0 Å². The second kappa shape index (κ2) is 8.27. The van der Waals surface area contributed by atoms with Crippen LogP contribution in [0.25, 0.3) is 6.08 Å². The molecule has 158 valence electrons. The number of ketones is 1. The number of esters is 1. The van der Waals surface area contributed by atoms with Gasteiger partial charge in [-0.3, -0.25) is 4.79 Å². The molecule has 2 heterocycles. The molecule has 3 aromatic rings. The highest BCUT2D eigenvalue weighted by Crippen LogP contribution is 2.40. The summed E-state index contributed by atoms with van der Waals surface area (Å²) in [5.41, 5.74) is 0.978. The van der Waals surface area contributed by atoms with E-state index in [1.165, 1.54) is 45.8 Å². The number of carbonyl (C=O) groups excluding carboxylic acids is 2. The van der Waals surface area contributed by atoms with Crippen molar-refractivity contribution in [2.45, 2.75) is 0 Å². The van der Waals surface area contributed by atoms with E-state index in [-0.39, 0.29) is 28.8 Å². The molecule has 1 aliphatic rings. The van der Waals surface area contributed by atoms with Crippen LogP contribution < -0.4 is 23.7 Å². The van der Waals surface area contributed by atoms with Crippen molar-refractivity contribution in [1.82, 2.24) is 0 Å². The first-order valence-electron chi connectivity index (χ1n) is 9.18. The molecule has 0 saturated heterocycles. The van der Waals surface area contributed by atoms with E-state index in [9.17, 15) is 9.59 Å². The minimum absolute atomic E-state index is 0.0699.